The number of hydrogen-bond donors (Lipinski definition) is 1. The monoisotopic (exact) mass is 329 g/mol. The summed E-state index contributed by atoms with van der Waals surface area (Å²) in [5.41, 5.74) is 6.38. The zero-order chi connectivity index (χ0) is 17.1. The lowest BCUT2D eigenvalue weighted by atomic mass is 9.96. The van der Waals surface area contributed by atoms with Crippen LogP contribution < -0.4 is 10.5 Å². The average molecular weight is 329 g/mol. The molecule has 1 saturated heterocycles. The molecule has 1 aromatic heterocycles. The third kappa shape index (κ3) is 3.22. The van der Waals surface area contributed by atoms with Crippen LogP contribution in [0, 0.1) is 5.92 Å². The molecular weight excluding hydrogens is 310 g/mol. The van der Waals surface area contributed by atoms with Crippen molar-refractivity contribution in [2.75, 3.05) is 20.2 Å². The van der Waals surface area contributed by atoms with Gasteiger partial charge in [-0.05, 0) is 37.1 Å². The molecule has 2 N–H and O–H groups in total. The van der Waals surface area contributed by atoms with Crippen molar-refractivity contribution in [1.82, 2.24) is 19.9 Å². The summed E-state index contributed by atoms with van der Waals surface area (Å²) in [5, 5.41) is 7.97. The van der Waals surface area contributed by atoms with E-state index in [0.29, 0.717) is 25.9 Å². The van der Waals surface area contributed by atoms with Crippen molar-refractivity contribution in [3.8, 4) is 11.4 Å². The summed E-state index contributed by atoms with van der Waals surface area (Å²) in [6, 6.07) is 7.29. The fourth-order valence-corrected chi connectivity index (χ4v) is 2.75. The Hall–Kier alpha value is -2.90. The highest BCUT2D eigenvalue weighted by atomic mass is 16.5. The summed E-state index contributed by atoms with van der Waals surface area (Å²) in [6.07, 6.45) is 2.78. The number of nitrogens with two attached hydrogens (primary N) is 1. The van der Waals surface area contributed by atoms with Crippen LogP contribution in [0.25, 0.3) is 5.69 Å². The van der Waals surface area contributed by atoms with Crippen LogP contribution in [0.5, 0.6) is 5.75 Å². The molecule has 0 unspecified atom stereocenters. The van der Waals surface area contributed by atoms with Crippen molar-refractivity contribution < 1.29 is 14.3 Å². The Kier molecular flexibility index (Phi) is 4.45. The summed E-state index contributed by atoms with van der Waals surface area (Å²) in [4.78, 5) is 25.4. The van der Waals surface area contributed by atoms with E-state index in [1.807, 2.05) is 24.3 Å². The number of rotatable bonds is 4. The number of carbonyl (C=O) groups is 2. The van der Waals surface area contributed by atoms with Gasteiger partial charge in [0.15, 0.2) is 5.69 Å². The van der Waals surface area contributed by atoms with Gasteiger partial charge in [0.05, 0.1) is 19.0 Å². The Morgan fingerprint density at radius 1 is 1.21 bits per heavy atom. The Morgan fingerprint density at radius 2 is 1.88 bits per heavy atom. The molecule has 1 aromatic carbocycles. The van der Waals surface area contributed by atoms with Gasteiger partial charge in [0.1, 0.15) is 5.75 Å². The SMILES string of the molecule is COc1ccc(-n2cc(C(=O)N3CCC(C(N)=O)CC3)nn2)cc1. The van der Waals surface area contributed by atoms with Gasteiger partial charge in [0.25, 0.3) is 5.91 Å². The standard InChI is InChI=1S/C16H19N5O3/c1-24-13-4-2-12(3-5-13)21-10-14(18-19-21)16(23)20-8-6-11(7-9-20)15(17)22/h2-5,10-11H,6-9H2,1H3,(H2,17,22). The van der Waals surface area contributed by atoms with Crippen molar-refractivity contribution in [3.63, 3.8) is 0 Å². The number of aromatic nitrogens is 3. The van der Waals surface area contributed by atoms with E-state index < -0.39 is 0 Å². The quantitative estimate of drug-likeness (QED) is 0.885. The van der Waals surface area contributed by atoms with Gasteiger partial charge in [-0.25, -0.2) is 4.68 Å². The molecule has 0 atom stereocenters. The van der Waals surface area contributed by atoms with E-state index in [1.54, 1.807) is 22.9 Å². The summed E-state index contributed by atoms with van der Waals surface area (Å²) in [5.74, 6) is 0.113. The molecule has 1 fully saturated rings. The number of methoxy groups -OCH3 is 1. The van der Waals surface area contributed by atoms with Crippen LogP contribution in [-0.4, -0.2) is 51.9 Å². The van der Waals surface area contributed by atoms with Gasteiger partial charge in [-0.2, -0.15) is 0 Å². The minimum absolute atomic E-state index is 0.149. The van der Waals surface area contributed by atoms with Gasteiger partial charge in [-0.3, -0.25) is 9.59 Å². The second-order valence-electron chi connectivity index (χ2n) is 5.72. The van der Waals surface area contributed by atoms with E-state index in [-0.39, 0.29) is 23.4 Å². The second kappa shape index (κ2) is 6.69. The van der Waals surface area contributed by atoms with Crippen LogP contribution in [0.1, 0.15) is 23.3 Å². The number of ether oxygens (including phenoxy) is 1. The smallest absolute Gasteiger partial charge is 0.276 e. The largest absolute Gasteiger partial charge is 0.497 e. The first-order valence-electron chi connectivity index (χ1n) is 7.74. The van der Waals surface area contributed by atoms with Crippen LogP contribution in [0.3, 0.4) is 0 Å². The highest BCUT2D eigenvalue weighted by Crippen LogP contribution is 2.19. The van der Waals surface area contributed by atoms with Crippen LogP contribution in [0.2, 0.25) is 0 Å². The lowest BCUT2D eigenvalue weighted by Gasteiger charge is -2.29. The van der Waals surface area contributed by atoms with E-state index in [1.165, 1.54) is 0 Å². The first kappa shape index (κ1) is 16.0. The van der Waals surface area contributed by atoms with Crippen LogP contribution >= 0.6 is 0 Å². The zero-order valence-electron chi connectivity index (χ0n) is 13.4. The maximum absolute atomic E-state index is 12.5. The molecule has 0 saturated carbocycles. The van der Waals surface area contributed by atoms with Gasteiger partial charge in [-0.15, -0.1) is 5.10 Å². The van der Waals surface area contributed by atoms with E-state index >= 15 is 0 Å². The molecule has 2 aromatic rings. The number of primary amides is 1. The van der Waals surface area contributed by atoms with Crippen molar-refractivity contribution in [2.45, 2.75) is 12.8 Å². The summed E-state index contributed by atoms with van der Waals surface area (Å²) in [6.45, 7) is 1.00. The minimum atomic E-state index is -0.299. The zero-order valence-corrected chi connectivity index (χ0v) is 13.4. The summed E-state index contributed by atoms with van der Waals surface area (Å²) in [7, 11) is 1.60. The van der Waals surface area contributed by atoms with Crippen molar-refractivity contribution in [3.05, 3.63) is 36.2 Å². The molecule has 24 heavy (non-hydrogen) atoms. The first-order valence-corrected chi connectivity index (χ1v) is 7.74. The van der Waals surface area contributed by atoms with Gasteiger partial charge in [0.2, 0.25) is 5.91 Å². The predicted molar refractivity (Wildman–Crippen MR) is 85.7 cm³/mol. The topological polar surface area (TPSA) is 103 Å². The molecule has 2 amide bonds. The van der Waals surface area contributed by atoms with Crippen LogP contribution in [0.4, 0.5) is 0 Å². The van der Waals surface area contributed by atoms with E-state index in [9.17, 15) is 9.59 Å². The highest BCUT2D eigenvalue weighted by Gasteiger charge is 2.27. The lowest BCUT2D eigenvalue weighted by Crippen LogP contribution is -2.41. The predicted octanol–water partition coefficient (Wildman–Crippen LogP) is 0.613. The molecule has 0 spiro atoms. The number of piperidine rings is 1. The van der Waals surface area contributed by atoms with Crippen LogP contribution in [0.15, 0.2) is 30.5 Å². The Balaban J connectivity index is 1.68. The molecule has 8 nitrogen and oxygen atoms in total. The number of carbonyl (C=O) groups excluding carboxylic acids is 2. The number of hydrogen-bond acceptors (Lipinski definition) is 5. The third-order valence-electron chi connectivity index (χ3n) is 4.23. The van der Waals surface area contributed by atoms with Gasteiger partial charge < -0.3 is 15.4 Å². The lowest BCUT2D eigenvalue weighted by molar-refractivity contribution is -0.123. The molecule has 8 heteroatoms. The summed E-state index contributed by atoms with van der Waals surface area (Å²) < 4.78 is 6.66. The van der Waals surface area contributed by atoms with Gasteiger partial charge >= 0.3 is 0 Å². The second-order valence-corrected chi connectivity index (χ2v) is 5.72. The fraction of sp³-hybridized carbons (Fsp3) is 0.375. The molecule has 3 rings (SSSR count). The van der Waals surface area contributed by atoms with Crippen LogP contribution in [-0.2, 0) is 4.79 Å². The molecule has 1 aliphatic heterocycles. The number of amides is 2. The number of likely N-dealkylation sites (tertiary alicyclic amines) is 1. The number of nitrogens with zero attached hydrogens (tertiary/aromatic N) is 4. The van der Waals surface area contributed by atoms with Gasteiger partial charge in [-0.1, -0.05) is 5.21 Å². The maximum atomic E-state index is 12.5. The molecule has 0 bridgehead atoms. The fourth-order valence-electron chi connectivity index (χ4n) is 2.75. The number of benzene rings is 1. The maximum Gasteiger partial charge on any atom is 0.276 e. The molecule has 0 radical (unpaired) electrons. The van der Waals surface area contributed by atoms with E-state index in [0.717, 1.165) is 11.4 Å². The molecule has 2 heterocycles. The van der Waals surface area contributed by atoms with E-state index in [4.69, 9.17) is 10.5 Å². The Morgan fingerprint density at radius 3 is 2.46 bits per heavy atom. The third-order valence-corrected chi connectivity index (χ3v) is 4.23. The first-order chi connectivity index (χ1) is 11.6. The molecule has 126 valence electrons. The molecule has 1 aliphatic rings. The summed E-state index contributed by atoms with van der Waals surface area (Å²) >= 11 is 0. The Labute approximate surface area is 139 Å². The highest BCUT2D eigenvalue weighted by molar-refractivity contribution is 5.92. The minimum Gasteiger partial charge on any atom is -0.497 e. The molecule has 0 aliphatic carbocycles. The van der Waals surface area contributed by atoms with E-state index in [2.05, 4.69) is 10.3 Å². The normalized spacial score (nSPS) is 15.3. The van der Waals surface area contributed by atoms with Gasteiger partial charge in [0, 0.05) is 19.0 Å². The van der Waals surface area contributed by atoms with Crippen molar-refractivity contribution in [1.29, 1.82) is 0 Å². The van der Waals surface area contributed by atoms with Crippen molar-refractivity contribution >= 4 is 11.8 Å². The average Bonchev–Trinajstić information content (AvgIpc) is 3.11. The molecular formula is C16H19N5O3. The van der Waals surface area contributed by atoms with Crippen molar-refractivity contribution in [2.24, 2.45) is 11.7 Å². The Bertz CT molecular complexity index is 732.